The molecule has 134 valence electrons. The predicted molar refractivity (Wildman–Crippen MR) is 115 cm³/mol. The largest absolute Gasteiger partial charge is 0.507 e. The highest BCUT2D eigenvalue weighted by molar-refractivity contribution is 9.10. The Hall–Kier alpha value is -2.39. The average Bonchev–Trinajstić information content (AvgIpc) is 2.68. The first-order chi connectivity index (χ1) is 13.1. The second-order valence-electron chi connectivity index (χ2n) is 7.61. The van der Waals surface area contributed by atoms with Crippen molar-refractivity contribution in [1.29, 1.82) is 0 Å². The summed E-state index contributed by atoms with van der Waals surface area (Å²) in [5.41, 5.74) is 5.45. The van der Waals surface area contributed by atoms with E-state index in [4.69, 9.17) is 4.98 Å². The SMILES string of the molecule is C[C@@H]1CCc2c(c(-c3cc(Br)ccc3O)nc3ccc4ccccc4c23)C1. The second kappa shape index (κ2) is 6.35. The molecule has 0 saturated heterocycles. The van der Waals surface area contributed by atoms with Crippen molar-refractivity contribution in [1.82, 2.24) is 4.98 Å². The number of phenolic OH excluding ortho intramolecular Hbond substituents is 1. The maximum absolute atomic E-state index is 10.5. The van der Waals surface area contributed by atoms with E-state index in [0.29, 0.717) is 5.92 Å². The van der Waals surface area contributed by atoms with E-state index in [-0.39, 0.29) is 5.75 Å². The maximum Gasteiger partial charge on any atom is 0.125 e. The molecule has 1 N–H and O–H groups in total. The summed E-state index contributed by atoms with van der Waals surface area (Å²) in [5, 5.41) is 14.4. The van der Waals surface area contributed by atoms with Gasteiger partial charge in [-0.2, -0.15) is 0 Å². The zero-order valence-electron chi connectivity index (χ0n) is 15.2. The van der Waals surface area contributed by atoms with Gasteiger partial charge in [-0.25, -0.2) is 4.98 Å². The number of rotatable bonds is 1. The molecule has 27 heavy (non-hydrogen) atoms. The fraction of sp³-hybridized carbons (Fsp3) is 0.208. The number of nitrogens with zero attached hydrogens (tertiary/aromatic N) is 1. The van der Waals surface area contributed by atoms with Gasteiger partial charge >= 0.3 is 0 Å². The lowest BCUT2D eigenvalue weighted by Crippen LogP contribution is -2.14. The highest BCUT2D eigenvalue weighted by atomic mass is 79.9. The summed E-state index contributed by atoms with van der Waals surface area (Å²) in [4.78, 5) is 5.06. The highest BCUT2D eigenvalue weighted by Crippen LogP contribution is 2.42. The minimum atomic E-state index is 0.284. The molecule has 1 atom stereocenters. The molecule has 0 spiro atoms. The van der Waals surface area contributed by atoms with Crippen LogP contribution in [0.5, 0.6) is 5.75 Å². The molecular weight excluding hydrogens is 398 g/mol. The molecule has 0 radical (unpaired) electrons. The quantitative estimate of drug-likeness (QED) is 0.351. The van der Waals surface area contributed by atoms with E-state index < -0.39 is 0 Å². The molecule has 0 unspecified atom stereocenters. The monoisotopic (exact) mass is 417 g/mol. The van der Waals surface area contributed by atoms with Crippen molar-refractivity contribution in [3.8, 4) is 17.0 Å². The summed E-state index contributed by atoms with van der Waals surface area (Å²) in [6.45, 7) is 2.31. The number of aromatic hydroxyl groups is 1. The van der Waals surface area contributed by atoms with E-state index in [9.17, 15) is 5.11 Å². The van der Waals surface area contributed by atoms with E-state index in [1.165, 1.54) is 33.7 Å². The van der Waals surface area contributed by atoms with Crippen molar-refractivity contribution in [3.05, 3.63) is 70.2 Å². The molecule has 1 aliphatic rings. The molecular formula is C24H20BrNO. The van der Waals surface area contributed by atoms with Crippen LogP contribution in [0.4, 0.5) is 0 Å². The molecule has 0 amide bonds. The lowest BCUT2D eigenvalue weighted by molar-refractivity contribution is 0.476. The zero-order chi connectivity index (χ0) is 18.5. The van der Waals surface area contributed by atoms with E-state index in [1.54, 1.807) is 6.07 Å². The molecule has 0 fully saturated rings. The highest BCUT2D eigenvalue weighted by Gasteiger charge is 2.24. The fourth-order valence-electron chi connectivity index (χ4n) is 4.41. The Morgan fingerprint density at radius 3 is 2.78 bits per heavy atom. The Morgan fingerprint density at radius 1 is 1.04 bits per heavy atom. The van der Waals surface area contributed by atoms with E-state index in [1.807, 2.05) is 12.1 Å². The minimum Gasteiger partial charge on any atom is -0.507 e. The normalized spacial score (nSPS) is 16.6. The molecule has 0 bridgehead atoms. The Labute approximate surface area is 167 Å². The topological polar surface area (TPSA) is 33.1 Å². The van der Waals surface area contributed by atoms with Crippen molar-refractivity contribution in [2.24, 2.45) is 5.92 Å². The summed E-state index contributed by atoms with van der Waals surface area (Å²) in [5.74, 6) is 0.908. The second-order valence-corrected chi connectivity index (χ2v) is 8.52. The van der Waals surface area contributed by atoms with Crippen LogP contribution < -0.4 is 0 Å². The molecule has 5 rings (SSSR count). The third kappa shape index (κ3) is 2.72. The van der Waals surface area contributed by atoms with Crippen LogP contribution in [-0.4, -0.2) is 10.1 Å². The molecule has 2 nitrogen and oxygen atoms in total. The number of hydrogen-bond acceptors (Lipinski definition) is 2. The van der Waals surface area contributed by atoms with Gasteiger partial charge in [0.25, 0.3) is 0 Å². The molecule has 3 aromatic carbocycles. The first-order valence-electron chi connectivity index (χ1n) is 9.44. The summed E-state index contributed by atoms with van der Waals surface area (Å²) in [7, 11) is 0. The average molecular weight is 418 g/mol. The molecule has 1 aromatic heterocycles. The third-order valence-electron chi connectivity index (χ3n) is 5.74. The van der Waals surface area contributed by atoms with Gasteiger partial charge in [-0.05, 0) is 71.3 Å². The van der Waals surface area contributed by atoms with Gasteiger partial charge in [-0.3, -0.25) is 0 Å². The standard InChI is InChI=1S/C24H20BrNO/c1-14-6-9-18-19(12-14)24(20-13-16(25)8-11-22(20)27)26-21-10-7-15-4-2-3-5-17(15)23(18)21/h2-5,7-8,10-11,13-14,27H,6,9,12H2,1H3/t14-/m1/s1. The van der Waals surface area contributed by atoms with E-state index in [2.05, 4.69) is 59.3 Å². The number of hydrogen-bond donors (Lipinski definition) is 1. The number of benzene rings is 3. The fourth-order valence-corrected chi connectivity index (χ4v) is 4.77. The number of aryl methyl sites for hydroxylation is 1. The van der Waals surface area contributed by atoms with Gasteiger partial charge in [0.1, 0.15) is 5.75 Å². The number of halogens is 1. The van der Waals surface area contributed by atoms with E-state index in [0.717, 1.165) is 34.1 Å². The Kier molecular flexibility index (Phi) is 3.94. The van der Waals surface area contributed by atoms with Gasteiger partial charge in [0.05, 0.1) is 11.2 Å². The van der Waals surface area contributed by atoms with Gasteiger partial charge in [-0.15, -0.1) is 0 Å². The van der Waals surface area contributed by atoms with Crippen molar-refractivity contribution < 1.29 is 5.11 Å². The van der Waals surface area contributed by atoms with Gasteiger partial charge in [-0.1, -0.05) is 53.2 Å². The van der Waals surface area contributed by atoms with Crippen molar-refractivity contribution in [2.45, 2.75) is 26.2 Å². The van der Waals surface area contributed by atoms with Crippen LogP contribution in [0.3, 0.4) is 0 Å². The molecule has 0 aliphatic heterocycles. The number of fused-ring (bicyclic) bond motifs is 5. The van der Waals surface area contributed by atoms with E-state index >= 15 is 0 Å². The van der Waals surface area contributed by atoms with Crippen LogP contribution in [-0.2, 0) is 12.8 Å². The Morgan fingerprint density at radius 2 is 1.89 bits per heavy atom. The first kappa shape index (κ1) is 16.8. The molecule has 4 aromatic rings. The van der Waals surface area contributed by atoms with Crippen LogP contribution in [0.15, 0.2) is 59.1 Å². The van der Waals surface area contributed by atoms with Crippen molar-refractivity contribution in [2.75, 3.05) is 0 Å². The smallest absolute Gasteiger partial charge is 0.125 e. The van der Waals surface area contributed by atoms with Crippen molar-refractivity contribution in [3.63, 3.8) is 0 Å². The van der Waals surface area contributed by atoms with Crippen LogP contribution in [0.25, 0.3) is 32.9 Å². The lowest BCUT2D eigenvalue weighted by Gasteiger charge is -2.26. The summed E-state index contributed by atoms with van der Waals surface area (Å²) in [6, 6.07) is 18.4. The maximum atomic E-state index is 10.5. The first-order valence-corrected chi connectivity index (χ1v) is 10.2. The predicted octanol–water partition coefficient (Wildman–Crippen LogP) is 6.65. The Bertz CT molecular complexity index is 1200. The van der Waals surface area contributed by atoms with Crippen molar-refractivity contribution >= 4 is 37.6 Å². The van der Waals surface area contributed by atoms with Crippen LogP contribution in [0.2, 0.25) is 0 Å². The number of aromatic nitrogens is 1. The third-order valence-corrected chi connectivity index (χ3v) is 6.24. The van der Waals surface area contributed by atoms with Crippen LogP contribution in [0.1, 0.15) is 24.5 Å². The van der Waals surface area contributed by atoms with Gasteiger partial charge in [0.15, 0.2) is 0 Å². The summed E-state index contributed by atoms with van der Waals surface area (Å²) < 4.78 is 0.952. The lowest BCUT2D eigenvalue weighted by atomic mass is 9.80. The number of phenols is 1. The van der Waals surface area contributed by atoms with Gasteiger partial charge < -0.3 is 5.11 Å². The Balaban J connectivity index is 1.91. The summed E-state index contributed by atoms with van der Waals surface area (Å²) in [6.07, 6.45) is 3.26. The minimum absolute atomic E-state index is 0.284. The van der Waals surface area contributed by atoms with Crippen LogP contribution >= 0.6 is 15.9 Å². The van der Waals surface area contributed by atoms with Gasteiger partial charge in [0, 0.05) is 15.4 Å². The summed E-state index contributed by atoms with van der Waals surface area (Å²) >= 11 is 3.54. The van der Waals surface area contributed by atoms with Gasteiger partial charge in [0.2, 0.25) is 0 Å². The molecule has 0 saturated carbocycles. The molecule has 3 heteroatoms. The molecule has 1 aliphatic carbocycles. The number of pyridine rings is 1. The molecule has 1 heterocycles. The van der Waals surface area contributed by atoms with Crippen LogP contribution in [0, 0.1) is 5.92 Å². The zero-order valence-corrected chi connectivity index (χ0v) is 16.8.